The van der Waals surface area contributed by atoms with Crippen LogP contribution in [0, 0.1) is 11.3 Å². The van der Waals surface area contributed by atoms with Crippen molar-refractivity contribution in [2.24, 2.45) is 0 Å². The minimum absolute atomic E-state index is 0.0399. The fourth-order valence-electron chi connectivity index (χ4n) is 4.82. The van der Waals surface area contributed by atoms with Crippen LogP contribution < -0.4 is 15.6 Å². The smallest absolute Gasteiger partial charge is 0.259 e. The summed E-state index contributed by atoms with van der Waals surface area (Å²) >= 11 is 0. The van der Waals surface area contributed by atoms with Crippen molar-refractivity contribution in [3.05, 3.63) is 136 Å². The number of rotatable bonds is 8. The zero-order valence-corrected chi connectivity index (χ0v) is 20.6. The van der Waals surface area contributed by atoms with Crippen molar-refractivity contribution in [1.82, 2.24) is 9.88 Å². The van der Waals surface area contributed by atoms with Gasteiger partial charge in [0.15, 0.2) is 0 Å². The van der Waals surface area contributed by atoms with Crippen LogP contribution in [0.3, 0.4) is 0 Å². The second kappa shape index (κ2) is 10.9. The summed E-state index contributed by atoms with van der Waals surface area (Å²) in [7, 11) is 1.59. The molecule has 0 aliphatic carbocycles. The van der Waals surface area contributed by atoms with Gasteiger partial charge in [-0.3, -0.25) is 9.36 Å². The number of ether oxygens (including phenoxy) is 1. The van der Waals surface area contributed by atoms with Crippen molar-refractivity contribution in [2.75, 3.05) is 13.7 Å². The third kappa shape index (κ3) is 4.88. The number of nitrogens with zero attached hydrogens (tertiary/aromatic N) is 2. The van der Waals surface area contributed by atoms with Gasteiger partial charge in [-0.05, 0) is 34.9 Å². The Balaban J connectivity index is 1.56. The molecule has 37 heavy (non-hydrogen) atoms. The molecule has 0 bridgehead atoms. The molecule has 0 saturated heterocycles. The molecule has 5 heteroatoms. The van der Waals surface area contributed by atoms with Gasteiger partial charge < -0.3 is 10.1 Å². The zero-order chi connectivity index (χ0) is 25.6. The van der Waals surface area contributed by atoms with Crippen LogP contribution in [0.1, 0.15) is 22.9 Å². The van der Waals surface area contributed by atoms with E-state index in [-0.39, 0.29) is 11.6 Å². The number of methoxy groups -OCH3 is 1. The van der Waals surface area contributed by atoms with Crippen LogP contribution in [-0.4, -0.2) is 18.2 Å². The summed E-state index contributed by atoms with van der Waals surface area (Å²) in [4.78, 5) is 13.7. The highest BCUT2D eigenvalue weighted by Crippen LogP contribution is 2.32. The van der Waals surface area contributed by atoms with Crippen molar-refractivity contribution < 1.29 is 4.74 Å². The lowest BCUT2D eigenvalue weighted by atomic mass is 9.96. The maximum Gasteiger partial charge on any atom is 0.259 e. The first-order chi connectivity index (χ1) is 18.2. The van der Waals surface area contributed by atoms with Gasteiger partial charge >= 0.3 is 0 Å². The van der Waals surface area contributed by atoms with E-state index in [2.05, 4.69) is 35.7 Å². The minimum atomic E-state index is -0.188. The van der Waals surface area contributed by atoms with Gasteiger partial charge in [-0.2, -0.15) is 5.26 Å². The van der Waals surface area contributed by atoms with Crippen LogP contribution in [-0.2, 0) is 6.54 Å². The van der Waals surface area contributed by atoms with Crippen molar-refractivity contribution in [1.29, 1.82) is 5.26 Å². The molecule has 0 saturated carbocycles. The number of aromatic nitrogens is 1. The minimum Gasteiger partial charge on any atom is -0.497 e. The Kier molecular flexibility index (Phi) is 7.12. The molecule has 5 rings (SSSR count). The van der Waals surface area contributed by atoms with E-state index < -0.39 is 0 Å². The normalized spacial score (nSPS) is 10.9. The Morgan fingerprint density at radius 2 is 1.43 bits per heavy atom. The van der Waals surface area contributed by atoms with E-state index in [1.54, 1.807) is 23.8 Å². The van der Waals surface area contributed by atoms with Gasteiger partial charge in [-0.25, -0.2) is 0 Å². The van der Waals surface area contributed by atoms with E-state index in [1.165, 1.54) is 0 Å². The van der Waals surface area contributed by atoms with Gasteiger partial charge in [0.2, 0.25) is 0 Å². The average molecular weight is 486 g/mol. The number of benzene rings is 4. The van der Waals surface area contributed by atoms with Crippen molar-refractivity contribution in [3.63, 3.8) is 0 Å². The van der Waals surface area contributed by atoms with Gasteiger partial charge in [0.25, 0.3) is 5.56 Å². The van der Waals surface area contributed by atoms with Crippen LogP contribution in [0.4, 0.5) is 0 Å². The topological polar surface area (TPSA) is 67.0 Å². The summed E-state index contributed by atoms with van der Waals surface area (Å²) in [6.07, 6.45) is 0. The number of hydrogen-bond donors (Lipinski definition) is 1. The molecule has 1 N–H and O–H groups in total. The van der Waals surface area contributed by atoms with E-state index in [4.69, 9.17) is 4.74 Å². The van der Waals surface area contributed by atoms with E-state index in [1.807, 2.05) is 72.8 Å². The SMILES string of the molecule is COc1ccc2c(=O)n(CCNC(c3ccccc3)c3ccccc3)c(C#N)c(-c3ccccc3)c2c1. The Morgan fingerprint density at radius 1 is 0.838 bits per heavy atom. The molecule has 0 radical (unpaired) electrons. The predicted molar refractivity (Wildman–Crippen MR) is 148 cm³/mol. The lowest BCUT2D eigenvalue weighted by Gasteiger charge is -2.21. The van der Waals surface area contributed by atoms with Crippen molar-refractivity contribution >= 4 is 10.8 Å². The molecule has 5 nitrogen and oxygen atoms in total. The third-order valence-corrected chi connectivity index (χ3v) is 6.60. The zero-order valence-electron chi connectivity index (χ0n) is 20.6. The average Bonchev–Trinajstić information content (AvgIpc) is 2.97. The Hall–Kier alpha value is -4.66. The molecule has 0 aliphatic heterocycles. The number of fused-ring (bicyclic) bond motifs is 1. The highest BCUT2D eigenvalue weighted by molar-refractivity contribution is 5.99. The van der Waals surface area contributed by atoms with Crippen molar-refractivity contribution in [2.45, 2.75) is 12.6 Å². The molecule has 0 atom stereocenters. The summed E-state index contributed by atoms with van der Waals surface area (Å²) in [5, 5.41) is 15.2. The fourth-order valence-corrected chi connectivity index (χ4v) is 4.82. The number of nitrogens with one attached hydrogen (secondary N) is 1. The van der Waals surface area contributed by atoms with Crippen LogP contribution >= 0.6 is 0 Å². The molecule has 0 amide bonds. The number of nitriles is 1. The quantitative estimate of drug-likeness (QED) is 0.296. The molecular weight excluding hydrogens is 458 g/mol. The van der Waals surface area contributed by atoms with E-state index in [9.17, 15) is 10.1 Å². The molecule has 4 aromatic carbocycles. The first-order valence-corrected chi connectivity index (χ1v) is 12.2. The first-order valence-electron chi connectivity index (χ1n) is 12.2. The van der Waals surface area contributed by atoms with Crippen molar-refractivity contribution in [3.8, 4) is 22.9 Å². The van der Waals surface area contributed by atoms with Gasteiger partial charge in [-0.15, -0.1) is 0 Å². The number of hydrogen-bond acceptors (Lipinski definition) is 4. The molecule has 0 fully saturated rings. The van der Waals surface area contributed by atoms with Gasteiger partial charge in [-0.1, -0.05) is 91.0 Å². The Bertz CT molecular complexity index is 1570. The predicted octanol–water partition coefficient (Wildman–Crippen LogP) is 5.93. The monoisotopic (exact) mass is 485 g/mol. The summed E-state index contributed by atoms with van der Waals surface area (Å²) in [6.45, 7) is 0.846. The molecule has 0 aliphatic rings. The van der Waals surface area contributed by atoms with Crippen LogP contribution in [0.25, 0.3) is 21.9 Å². The molecule has 5 aromatic rings. The van der Waals surface area contributed by atoms with Crippen LogP contribution in [0.2, 0.25) is 0 Å². The summed E-state index contributed by atoms with van der Waals surface area (Å²) in [5.41, 5.74) is 4.04. The van der Waals surface area contributed by atoms with Gasteiger partial charge in [0, 0.05) is 29.4 Å². The third-order valence-electron chi connectivity index (χ3n) is 6.60. The van der Waals surface area contributed by atoms with Crippen LogP contribution in [0.5, 0.6) is 5.75 Å². The highest BCUT2D eigenvalue weighted by Gasteiger charge is 2.19. The van der Waals surface area contributed by atoms with E-state index in [0.717, 1.165) is 22.3 Å². The molecule has 0 unspecified atom stereocenters. The first kappa shape index (κ1) is 24.1. The Morgan fingerprint density at radius 3 is 2.00 bits per heavy atom. The summed E-state index contributed by atoms with van der Waals surface area (Å²) in [5.74, 6) is 0.640. The molecule has 1 aromatic heterocycles. The molecular formula is C32H27N3O2. The lowest BCUT2D eigenvalue weighted by Crippen LogP contribution is -2.31. The summed E-state index contributed by atoms with van der Waals surface area (Å²) < 4.78 is 7.02. The standard InChI is InChI=1S/C32H27N3O2/c1-37-26-17-18-27-28(21-26)30(23-11-5-2-6-12-23)29(22-33)35(32(27)36)20-19-34-31(24-13-7-3-8-14-24)25-15-9-4-10-16-25/h2-18,21,31,34H,19-20H2,1H3. The van der Waals surface area contributed by atoms with E-state index >= 15 is 0 Å². The maximum absolute atomic E-state index is 13.7. The Labute approximate surface area is 216 Å². The largest absolute Gasteiger partial charge is 0.497 e. The molecule has 1 heterocycles. The highest BCUT2D eigenvalue weighted by atomic mass is 16.5. The maximum atomic E-state index is 13.7. The van der Waals surface area contributed by atoms with Gasteiger partial charge in [0.1, 0.15) is 17.5 Å². The molecule has 182 valence electrons. The van der Waals surface area contributed by atoms with Crippen LogP contribution in [0.15, 0.2) is 114 Å². The second-order valence-electron chi connectivity index (χ2n) is 8.78. The number of pyridine rings is 1. The fraction of sp³-hybridized carbons (Fsp3) is 0.125. The summed E-state index contributed by atoms with van der Waals surface area (Å²) in [6, 6.07) is 37.9. The second-order valence-corrected chi connectivity index (χ2v) is 8.78. The van der Waals surface area contributed by atoms with E-state index in [0.29, 0.717) is 35.3 Å². The lowest BCUT2D eigenvalue weighted by molar-refractivity contribution is 0.415. The van der Waals surface area contributed by atoms with Gasteiger partial charge in [0.05, 0.1) is 13.2 Å². The molecule has 0 spiro atoms.